The first-order valence-corrected chi connectivity index (χ1v) is 10.3. The maximum atomic E-state index is 12.2. The minimum Gasteiger partial charge on any atom is -0.486 e. The molecule has 0 radical (unpaired) electrons. The van der Waals surface area contributed by atoms with Gasteiger partial charge in [-0.25, -0.2) is 9.78 Å². The Bertz CT molecular complexity index is 837. The van der Waals surface area contributed by atoms with Crippen molar-refractivity contribution in [1.82, 2.24) is 15.6 Å². The highest BCUT2D eigenvalue weighted by molar-refractivity contribution is 5.73. The Hall–Kier alpha value is -2.96. The van der Waals surface area contributed by atoms with Crippen molar-refractivity contribution < 1.29 is 19.0 Å². The molecule has 1 saturated carbocycles. The highest BCUT2D eigenvalue weighted by Crippen LogP contribution is 2.30. The fourth-order valence-corrected chi connectivity index (χ4v) is 3.63. The fraction of sp³-hybridized carbons (Fsp3) is 0.455. The molecule has 1 aromatic heterocycles. The lowest BCUT2D eigenvalue weighted by Crippen LogP contribution is -2.36. The van der Waals surface area contributed by atoms with Crippen LogP contribution in [0.5, 0.6) is 17.4 Å². The van der Waals surface area contributed by atoms with Crippen molar-refractivity contribution in [2.24, 2.45) is 0 Å². The lowest BCUT2D eigenvalue weighted by Gasteiger charge is -2.19. The Balaban J connectivity index is 1.22. The summed E-state index contributed by atoms with van der Waals surface area (Å²) < 4.78 is 17.1. The van der Waals surface area contributed by atoms with Gasteiger partial charge in [-0.3, -0.25) is 0 Å². The Morgan fingerprint density at radius 2 is 1.93 bits per heavy atom. The molecule has 2 aromatic rings. The Morgan fingerprint density at radius 3 is 2.79 bits per heavy atom. The minimum atomic E-state index is -0.210. The van der Waals surface area contributed by atoms with Gasteiger partial charge >= 0.3 is 6.03 Å². The monoisotopic (exact) mass is 397 g/mol. The first kappa shape index (κ1) is 19.4. The highest BCUT2D eigenvalue weighted by atomic mass is 16.6. The lowest BCUT2D eigenvalue weighted by molar-refractivity contribution is 0.171. The number of hydrogen-bond donors (Lipinski definition) is 2. The Morgan fingerprint density at radius 1 is 1.10 bits per heavy atom. The summed E-state index contributed by atoms with van der Waals surface area (Å²) in [6.45, 7) is 2.06. The molecule has 0 saturated heterocycles. The van der Waals surface area contributed by atoms with Crippen LogP contribution in [0.15, 0.2) is 36.5 Å². The number of hydrogen-bond acceptors (Lipinski definition) is 5. The van der Waals surface area contributed by atoms with E-state index in [1.54, 1.807) is 6.20 Å². The second kappa shape index (κ2) is 9.49. The largest absolute Gasteiger partial charge is 0.486 e. The van der Waals surface area contributed by atoms with E-state index in [0.717, 1.165) is 35.5 Å². The molecule has 2 N–H and O–H groups in total. The van der Waals surface area contributed by atoms with Crippen molar-refractivity contribution in [1.29, 1.82) is 0 Å². The molecule has 0 bridgehead atoms. The van der Waals surface area contributed by atoms with Crippen molar-refractivity contribution in [3.05, 3.63) is 47.7 Å². The number of pyridine rings is 1. The molecule has 1 aromatic carbocycles. The molecular formula is C22H27N3O4. The lowest BCUT2D eigenvalue weighted by atomic mass is 10.1. The van der Waals surface area contributed by atoms with E-state index in [2.05, 4.69) is 15.6 Å². The van der Waals surface area contributed by atoms with Crippen LogP contribution in [-0.2, 0) is 13.0 Å². The quantitative estimate of drug-likeness (QED) is 0.750. The second-order valence-corrected chi connectivity index (χ2v) is 7.33. The first-order valence-electron chi connectivity index (χ1n) is 10.3. The molecule has 0 spiro atoms. The van der Waals surface area contributed by atoms with Gasteiger partial charge in [0.25, 0.3) is 0 Å². The van der Waals surface area contributed by atoms with Gasteiger partial charge < -0.3 is 24.8 Å². The molecule has 0 unspecified atom stereocenters. The maximum absolute atomic E-state index is 12.2. The van der Waals surface area contributed by atoms with Crippen LogP contribution in [0, 0.1) is 0 Å². The van der Waals surface area contributed by atoms with Gasteiger partial charge in [0.2, 0.25) is 5.88 Å². The van der Waals surface area contributed by atoms with E-state index in [0.29, 0.717) is 38.6 Å². The molecule has 154 valence electrons. The number of carbonyl (C=O) groups is 1. The first-order chi connectivity index (χ1) is 14.3. The predicted octanol–water partition coefficient (Wildman–Crippen LogP) is 3.22. The number of nitrogens with zero attached hydrogens (tertiary/aromatic N) is 1. The maximum Gasteiger partial charge on any atom is 0.315 e. The van der Waals surface area contributed by atoms with Crippen LogP contribution < -0.4 is 24.8 Å². The number of aromatic nitrogens is 1. The van der Waals surface area contributed by atoms with Crippen LogP contribution in [0.25, 0.3) is 0 Å². The molecule has 1 aliphatic heterocycles. The predicted molar refractivity (Wildman–Crippen MR) is 108 cm³/mol. The number of rotatable bonds is 7. The smallest absolute Gasteiger partial charge is 0.315 e. The summed E-state index contributed by atoms with van der Waals surface area (Å²) in [5, 5.41) is 5.78. The van der Waals surface area contributed by atoms with Crippen LogP contribution >= 0.6 is 0 Å². The van der Waals surface area contributed by atoms with E-state index in [4.69, 9.17) is 14.2 Å². The highest BCUT2D eigenvalue weighted by Gasteiger charge is 2.18. The van der Waals surface area contributed by atoms with Crippen LogP contribution in [0.2, 0.25) is 0 Å². The van der Waals surface area contributed by atoms with Crippen molar-refractivity contribution in [2.45, 2.75) is 44.8 Å². The fourth-order valence-electron chi connectivity index (χ4n) is 3.63. The Labute approximate surface area is 170 Å². The van der Waals surface area contributed by atoms with Gasteiger partial charge in [-0.05, 0) is 55.9 Å². The molecule has 1 aliphatic carbocycles. The summed E-state index contributed by atoms with van der Waals surface area (Å²) in [5.41, 5.74) is 1.98. The SMILES string of the molecule is O=C(NCCc1ccc2c(c1)OCCO2)NCc1cccnc1OC1CCCC1. The van der Waals surface area contributed by atoms with Crippen molar-refractivity contribution in [3.63, 3.8) is 0 Å². The van der Waals surface area contributed by atoms with Crippen molar-refractivity contribution in [3.8, 4) is 17.4 Å². The minimum absolute atomic E-state index is 0.210. The molecule has 7 heteroatoms. The molecule has 1 fully saturated rings. The average molecular weight is 397 g/mol. The zero-order valence-electron chi connectivity index (χ0n) is 16.5. The summed E-state index contributed by atoms with van der Waals surface area (Å²) in [7, 11) is 0. The third-order valence-corrected chi connectivity index (χ3v) is 5.18. The topological polar surface area (TPSA) is 81.7 Å². The number of carbonyl (C=O) groups excluding carboxylic acids is 1. The third-order valence-electron chi connectivity index (χ3n) is 5.18. The van der Waals surface area contributed by atoms with E-state index in [1.807, 2.05) is 30.3 Å². The van der Waals surface area contributed by atoms with Gasteiger partial charge in [0, 0.05) is 24.8 Å². The molecule has 4 rings (SSSR count). The summed E-state index contributed by atoms with van der Waals surface area (Å²) in [4.78, 5) is 16.5. The van der Waals surface area contributed by atoms with Gasteiger partial charge in [-0.2, -0.15) is 0 Å². The van der Waals surface area contributed by atoms with Gasteiger partial charge in [0.05, 0.1) is 0 Å². The Kier molecular flexibility index (Phi) is 6.34. The van der Waals surface area contributed by atoms with Crippen molar-refractivity contribution >= 4 is 6.03 Å². The normalized spacial score (nSPS) is 15.7. The number of benzene rings is 1. The van der Waals surface area contributed by atoms with Crippen LogP contribution in [0.4, 0.5) is 4.79 Å². The summed E-state index contributed by atoms with van der Waals surface area (Å²) in [6.07, 6.45) is 7.23. The van der Waals surface area contributed by atoms with Gasteiger partial charge in [-0.15, -0.1) is 0 Å². The molecule has 2 aliphatic rings. The number of amides is 2. The molecule has 7 nitrogen and oxygen atoms in total. The third kappa shape index (κ3) is 5.31. The standard InChI is InChI=1S/C22H27N3O4/c26-22(24-11-9-16-7-8-19-20(14-16)28-13-12-27-19)25-15-17-4-3-10-23-21(17)29-18-5-1-2-6-18/h3-4,7-8,10,14,18H,1-2,5-6,9,11-13,15H2,(H2,24,25,26). The van der Waals surface area contributed by atoms with Gasteiger partial charge in [-0.1, -0.05) is 12.1 Å². The zero-order valence-corrected chi connectivity index (χ0v) is 16.5. The van der Waals surface area contributed by atoms with Crippen LogP contribution in [-0.4, -0.2) is 36.9 Å². The summed E-state index contributed by atoms with van der Waals surface area (Å²) in [5.74, 6) is 2.17. The van der Waals surface area contributed by atoms with Crippen LogP contribution in [0.1, 0.15) is 36.8 Å². The van der Waals surface area contributed by atoms with E-state index < -0.39 is 0 Å². The number of urea groups is 1. The van der Waals surface area contributed by atoms with E-state index in [1.165, 1.54) is 12.8 Å². The number of nitrogens with one attached hydrogen (secondary N) is 2. The van der Waals surface area contributed by atoms with Gasteiger partial charge in [0.1, 0.15) is 19.3 Å². The average Bonchev–Trinajstić information content (AvgIpc) is 3.26. The zero-order chi connectivity index (χ0) is 19.9. The summed E-state index contributed by atoms with van der Waals surface area (Å²) >= 11 is 0. The second-order valence-electron chi connectivity index (χ2n) is 7.33. The molecule has 29 heavy (non-hydrogen) atoms. The molecule has 2 heterocycles. The molecular weight excluding hydrogens is 370 g/mol. The number of ether oxygens (including phenoxy) is 3. The van der Waals surface area contributed by atoms with Crippen molar-refractivity contribution in [2.75, 3.05) is 19.8 Å². The van der Waals surface area contributed by atoms with Crippen LogP contribution in [0.3, 0.4) is 0 Å². The van der Waals surface area contributed by atoms with E-state index >= 15 is 0 Å². The van der Waals surface area contributed by atoms with E-state index in [9.17, 15) is 4.79 Å². The van der Waals surface area contributed by atoms with E-state index in [-0.39, 0.29) is 12.1 Å². The van der Waals surface area contributed by atoms with Gasteiger partial charge in [0.15, 0.2) is 11.5 Å². The number of fused-ring (bicyclic) bond motifs is 1. The molecule has 0 atom stereocenters. The summed E-state index contributed by atoms with van der Waals surface area (Å²) in [6, 6.07) is 9.47. The molecule has 2 amide bonds.